The Hall–Kier alpha value is -1.65. The Morgan fingerprint density at radius 2 is 1.84 bits per heavy atom. The quantitative estimate of drug-likeness (QED) is 0.666. The van der Waals surface area contributed by atoms with Crippen LogP contribution in [0.25, 0.3) is 21.3 Å². The fourth-order valence-electron chi connectivity index (χ4n) is 2.05. The number of thiophene rings is 1. The SMILES string of the molecule is CN(C)c1nc(Cl)nc2scc(-c3ccccc3)c12. The van der Waals surface area contributed by atoms with Crippen LogP contribution in [0, 0.1) is 0 Å². The van der Waals surface area contributed by atoms with Gasteiger partial charge in [-0.1, -0.05) is 30.3 Å². The molecule has 0 radical (unpaired) electrons. The molecule has 0 aliphatic heterocycles. The zero-order chi connectivity index (χ0) is 13.4. The maximum atomic E-state index is 5.98. The van der Waals surface area contributed by atoms with Crippen LogP contribution in [0.15, 0.2) is 35.7 Å². The first-order valence-corrected chi connectivity index (χ1v) is 7.10. The van der Waals surface area contributed by atoms with Crippen molar-refractivity contribution in [3.63, 3.8) is 0 Å². The van der Waals surface area contributed by atoms with E-state index in [2.05, 4.69) is 27.5 Å². The average Bonchev–Trinajstić information content (AvgIpc) is 2.82. The van der Waals surface area contributed by atoms with Gasteiger partial charge in [-0.2, -0.15) is 4.98 Å². The Bertz CT molecular complexity index is 722. The number of rotatable bonds is 2. The Morgan fingerprint density at radius 3 is 2.53 bits per heavy atom. The minimum absolute atomic E-state index is 0.290. The van der Waals surface area contributed by atoms with E-state index in [1.165, 1.54) is 5.56 Å². The number of halogens is 1. The lowest BCUT2D eigenvalue weighted by molar-refractivity contribution is 1.06. The van der Waals surface area contributed by atoms with E-state index in [-0.39, 0.29) is 5.28 Å². The standard InChI is InChI=1S/C14H12ClN3S/c1-18(2)12-11-10(9-6-4-3-5-7-9)8-19-13(11)17-14(15)16-12/h3-8H,1-2H3. The van der Waals surface area contributed by atoms with Crippen LogP contribution in [0.1, 0.15) is 0 Å². The Kier molecular flexibility index (Phi) is 3.12. The summed E-state index contributed by atoms with van der Waals surface area (Å²) in [5.74, 6) is 0.857. The van der Waals surface area contributed by atoms with Gasteiger partial charge in [-0.3, -0.25) is 0 Å². The number of aromatic nitrogens is 2. The summed E-state index contributed by atoms with van der Waals surface area (Å²) in [6, 6.07) is 10.3. The van der Waals surface area contributed by atoms with Crippen LogP contribution in [0.5, 0.6) is 0 Å². The van der Waals surface area contributed by atoms with Gasteiger partial charge in [-0.05, 0) is 17.2 Å². The molecule has 3 nitrogen and oxygen atoms in total. The van der Waals surface area contributed by atoms with E-state index in [1.807, 2.05) is 37.2 Å². The highest BCUT2D eigenvalue weighted by atomic mass is 35.5. The summed E-state index contributed by atoms with van der Waals surface area (Å²) in [5, 5.41) is 3.46. The molecule has 0 saturated carbocycles. The largest absolute Gasteiger partial charge is 0.362 e. The van der Waals surface area contributed by atoms with Crippen molar-refractivity contribution in [3.8, 4) is 11.1 Å². The molecular formula is C14H12ClN3S. The van der Waals surface area contributed by atoms with Crippen molar-refractivity contribution in [3.05, 3.63) is 41.0 Å². The van der Waals surface area contributed by atoms with Crippen LogP contribution in [0.3, 0.4) is 0 Å². The molecule has 0 aliphatic rings. The monoisotopic (exact) mass is 289 g/mol. The summed E-state index contributed by atoms with van der Waals surface area (Å²) >= 11 is 7.57. The van der Waals surface area contributed by atoms with Gasteiger partial charge < -0.3 is 4.90 Å². The second-order valence-electron chi connectivity index (χ2n) is 4.41. The lowest BCUT2D eigenvalue weighted by Crippen LogP contribution is -2.11. The zero-order valence-electron chi connectivity index (χ0n) is 10.6. The summed E-state index contributed by atoms with van der Waals surface area (Å²) in [6.07, 6.45) is 0. The third-order valence-electron chi connectivity index (χ3n) is 2.90. The Labute approximate surface area is 120 Å². The number of fused-ring (bicyclic) bond motifs is 1. The summed E-state index contributed by atoms with van der Waals surface area (Å²) in [7, 11) is 3.93. The first-order valence-electron chi connectivity index (χ1n) is 5.84. The molecular weight excluding hydrogens is 278 g/mol. The van der Waals surface area contributed by atoms with Crippen molar-refractivity contribution in [1.82, 2.24) is 9.97 Å². The third kappa shape index (κ3) is 2.17. The van der Waals surface area contributed by atoms with Gasteiger partial charge in [0.15, 0.2) is 0 Å². The number of hydrogen-bond donors (Lipinski definition) is 0. The highest BCUT2D eigenvalue weighted by Gasteiger charge is 2.15. The summed E-state index contributed by atoms with van der Waals surface area (Å²) < 4.78 is 0. The van der Waals surface area contributed by atoms with Crippen LogP contribution in [-0.2, 0) is 0 Å². The molecule has 0 saturated heterocycles. The van der Waals surface area contributed by atoms with Gasteiger partial charge in [-0.25, -0.2) is 4.98 Å². The normalized spacial score (nSPS) is 10.9. The molecule has 5 heteroatoms. The number of hydrogen-bond acceptors (Lipinski definition) is 4. The minimum atomic E-state index is 0.290. The molecule has 19 heavy (non-hydrogen) atoms. The topological polar surface area (TPSA) is 29.0 Å². The predicted octanol–water partition coefficient (Wildman–Crippen LogP) is 4.08. The lowest BCUT2D eigenvalue weighted by atomic mass is 10.1. The molecule has 2 aromatic heterocycles. The van der Waals surface area contributed by atoms with Crippen molar-refractivity contribution >= 4 is 39.0 Å². The fraction of sp³-hybridized carbons (Fsp3) is 0.143. The van der Waals surface area contributed by atoms with Crippen LogP contribution in [-0.4, -0.2) is 24.1 Å². The number of nitrogens with zero attached hydrogens (tertiary/aromatic N) is 3. The van der Waals surface area contributed by atoms with E-state index in [1.54, 1.807) is 11.3 Å². The molecule has 0 N–H and O–H groups in total. The van der Waals surface area contributed by atoms with Crippen molar-refractivity contribution in [2.24, 2.45) is 0 Å². The van der Waals surface area contributed by atoms with Crippen LogP contribution in [0.4, 0.5) is 5.82 Å². The van der Waals surface area contributed by atoms with Gasteiger partial charge in [0, 0.05) is 25.0 Å². The smallest absolute Gasteiger partial charge is 0.225 e. The first-order chi connectivity index (χ1) is 9.16. The second-order valence-corrected chi connectivity index (χ2v) is 5.60. The molecule has 0 unspecified atom stereocenters. The van der Waals surface area contributed by atoms with E-state index in [4.69, 9.17) is 11.6 Å². The lowest BCUT2D eigenvalue weighted by Gasteiger charge is -2.13. The van der Waals surface area contributed by atoms with E-state index < -0.39 is 0 Å². The molecule has 96 valence electrons. The minimum Gasteiger partial charge on any atom is -0.362 e. The summed E-state index contributed by atoms with van der Waals surface area (Å²) in [4.78, 5) is 11.5. The van der Waals surface area contributed by atoms with E-state index in [0.717, 1.165) is 21.6 Å². The fourth-order valence-corrected chi connectivity index (χ4v) is 3.21. The van der Waals surface area contributed by atoms with Gasteiger partial charge in [0.2, 0.25) is 5.28 Å². The van der Waals surface area contributed by atoms with Crippen LogP contribution < -0.4 is 4.90 Å². The highest BCUT2D eigenvalue weighted by molar-refractivity contribution is 7.17. The molecule has 2 heterocycles. The number of anilines is 1. The van der Waals surface area contributed by atoms with E-state index in [0.29, 0.717) is 0 Å². The zero-order valence-corrected chi connectivity index (χ0v) is 12.2. The number of benzene rings is 1. The van der Waals surface area contributed by atoms with Gasteiger partial charge in [0.05, 0.1) is 5.39 Å². The molecule has 0 amide bonds. The average molecular weight is 290 g/mol. The van der Waals surface area contributed by atoms with Crippen molar-refractivity contribution in [1.29, 1.82) is 0 Å². The summed E-state index contributed by atoms with van der Waals surface area (Å²) in [5.41, 5.74) is 2.32. The van der Waals surface area contributed by atoms with Crippen molar-refractivity contribution in [2.45, 2.75) is 0 Å². The van der Waals surface area contributed by atoms with Crippen molar-refractivity contribution < 1.29 is 0 Å². The molecule has 1 aromatic carbocycles. The Morgan fingerprint density at radius 1 is 1.11 bits per heavy atom. The maximum Gasteiger partial charge on any atom is 0.225 e. The van der Waals surface area contributed by atoms with E-state index >= 15 is 0 Å². The second kappa shape index (κ2) is 4.79. The third-order valence-corrected chi connectivity index (χ3v) is 3.94. The van der Waals surface area contributed by atoms with Gasteiger partial charge >= 0.3 is 0 Å². The predicted molar refractivity (Wildman–Crippen MR) is 82.2 cm³/mol. The van der Waals surface area contributed by atoms with Crippen LogP contribution >= 0.6 is 22.9 Å². The van der Waals surface area contributed by atoms with Crippen LogP contribution in [0.2, 0.25) is 5.28 Å². The molecule has 3 rings (SSSR count). The van der Waals surface area contributed by atoms with Gasteiger partial charge in [-0.15, -0.1) is 11.3 Å². The molecule has 0 spiro atoms. The summed E-state index contributed by atoms with van der Waals surface area (Å²) in [6.45, 7) is 0. The molecule has 0 atom stereocenters. The van der Waals surface area contributed by atoms with Crippen molar-refractivity contribution in [2.75, 3.05) is 19.0 Å². The Balaban J connectivity index is 2.33. The first kappa shape index (κ1) is 12.4. The van der Waals surface area contributed by atoms with Gasteiger partial charge in [0.25, 0.3) is 0 Å². The molecule has 3 aromatic rings. The van der Waals surface area contributed by atoms with Gasteiger partial charge in [0.1, 0.15) is 10.6 Å². The molecule has 0 aliphatic carbocycles. The maximum absolute atomic E-state index is 5.98. The van der Waals surface area contributed by atoms with E-state index in [9.17, 15) is 0 Å². The highest BCUT2D eigenvalue weighted by Crippen LogP contribution is 2.38. The molecule has 0 bridgehead atoms. The molecule has 0 fully saturated rings.